The molecule has 2 heterocycles. The smallest absolute Gasteiger partial charge is 0.263 e. The lowest BCUT2D eigenvalue weighted by Crippen LogP contribution is -2.22. The zero-order chi connectivity index (χ0) is 16.2. The van der Waals surface area contributed by atoms with Crippen molar-refractivity contribution in [2.24, 2.45) is 0 Å². The van der Waals surface area contributed by atoms with Gasteiger partial charge in [0.1, 0.15) is 9.88 Å². The van der Waals surface area contributed by atoms with E-state index in [1.54, 1.807) is 12.4 Å². The molecule has 3 aromatic rings. The fourth-order valence-electron chi connectivity index (χ4n) is 2.12. The Morgan fingerprint density at radius 3 is 2.78 bits per heavy atom. The molecule has 1 amide bonds. The first-order chi connectivity index (χ1) is 11.1. The van der Waals surface area contributed by atoms with Crippen molar-refractivity contribution in [1.82, 2.24) is 15.3 Å². The van der Waals surface area contributed by atoms with E-state index in [1.165, 1.54) is 11.3 Å². The summed E-state index contributed by atoms with van der Waals surface area (Å²) in [5, 5.41) is 4.35. The van der Waals surface area contributed by atoms with E-state index in [-0.39, 0.29) is 5.91 Å². The Morgan fingerprint density at radius 2 is 2.04 bits per heavy atom. The van der Waals surface area contributed by atoms with Crippen molar-refractivity contribution in [1.29, 1.82) is 0 Å². The second-order valence-corrected chi connectivity index (χ2v) is 6.42. The number of halogens is 1. The molecule has 2 aromatic heterocycles. The Bertz CT molecular complexity index is 833. The highest BCUT2D eigenvalue weighted by Crippen LogP contribution is 2.29. The molecule has 0 atom stereocenters. The van der Waals surface area contributed by atoms with Gasteiger partial charge in [-0.25, -0.2) is 4.98 Å². The summed E-state index contributed by atoms with van der Waals surface area (Å²) in [4.78, 5) is 21.4. The van der Waals surface area contributed by atoms with Crippen LogP contribution >= 0.6 is 22.9 Å². The third-order valence-electron chi connectivity index (χ3n) is 3.28. The molecule has 0 saturated heterocycles. The molecule has 0 aliphatic carbocycles. The van der Waals surface area contributed by atoms with Gasteiger partial charge in [0.05, 0.1) is 5.69 Å². The third-order valence-corrected chi connectivity index (χ3v) is 4.72. The molecule has 0 aliphatic heterocycles. The minimum atomic E-state index is -0.120. The number of pyridine rings is 1. The number of thiazole rings is 1. The van der Waals surface area contributed by atoms with E-state index >= 15 is 0 Å². The standard InChI is InChI=1S/C17H14ClN3OS/c1-11-15(16(22)20-10-12-5-7-19-8-6-12)23-17(21-11)13-3-2-4-14(18)9-13/h2-9H,10H2,1H3,(H,20,22). The number of carbonyl (C=O) groups excluding carboxylic acids is 1. The van der Waals surface area contributed by atoms with Crippen molar-refractivity contribution in [3.8, 4) is 10.6 Å². The lowest BCUT2D eigenvalue weighted by molar-refractivity contribution is 0.0954. The fraction of sp³-hybridized carbons (Fsp3) is 0.118. The molecule has 1 aromatic carbocycles. The average Bonchev–Trinajstić information content (AvgIpc) is 2.96. The van der Waals surface area contributed by atoms with Crippen LogP contribution in [0.2, 0.25) is 5.02 Å². The summed E-state index contributed by atoms with van der Waals surface area (Å²) in [5.74, 6) is -0.120. The number of nitrogens with zero attached hydrogens (tertiary/aromatic N) is 2. The summed E-state index contributed by atoms with van der Waals surface area (Å²) in [6, 6.07) is 11.2. The van der Waals surface area contributed by atoms with E-state index in [1.807, 2.05) is 43.3 Å². The number of aromatic nitrogens is 2. The maximum absolute atomic E-state index is 12.4. The fourth-order valence-corrected chi connectivity index (χ4v) is 3.28. The number of nitrogens with one attached hydrogen (secondary N) is 1. The van der Waals surface area contributed by atoms with Crippen LogP contribution in [0.15, 0.2) is 48.8 Å². The monoisotopic (exact) mass is 343 g/mol. The van der Waals surface area contributed by atoms with E-state index in [9.17, 15) is 4.79 Å². The molecular weight excluding hydrogens is 330 g/mol. The topological polar surface area (TPSA) is 54.9 Å². The maximum atomic E-state index is 12.4. The molecule has 23 heavy (non-hydrogen) atoms. The molecule has 3 rings (SSSR count). The summed E-state index contributed by atoms with van der Waals surface area (Å²) < 4.78 is 0. The Labute approximate surface area is 143 Å². The van der Waals surface area contributed by atoms with Crippen LogP contribution in [-0.4, -0.2) is 15.9 Å². The number of carbonyl (C=O) groups is 1. The van der Waals surface area contributed by atoms with Crippen LogP contribution in [0, 0.1) is 6.92 Å². The predicted octanol–water partition coefficient (Wildman–Crippen LogP) is 4.10. The number of hydrogen-bond donors (Lipinski definition) is 1. The molecule has 0 radical (unpaired) electrons. The van der Waals surface area contributed by atoms with Crippen LogP contribution in [0.25, 0.3) is 10.6 Å². The summed E-state index contributed by atoms with van der Waals surface area (Å²) in [6.45, 7) is 2.30. The summed E-state index contributed by atoms with van der Waals surface area (Å²) in [7, 11) is 0. The number of aryl methyl sites for hydroxylation is 1. The highest BCUT2D eigenvalue weighted by atomic mass is 35.5. The molecule has 6 heteroatoms. The van der Waals surface area contributed by atoms with Crippen molar-refractivity contribution in [3.05, 3.63) is 69.9 Å². The highest BCUT2D eigenvalue weighted by Gasteiger charge is 2.16. The van der Waals surface area contributed by atoms with Crippen LogP contribution in [0.5, 0.6) is 0 Å². The van der Waals surface area contributed by atoms with Crippen molar-refractivity contribution in [2.45, 2.75) is 13.5 Å². The van der Waals surface area contributed by atoms with Crippen molar-refractivity contribution in [3.63, 3.8) is 0 Å². The van der Waals surface area contributed by atoms with Crippen LogP contribution in [0.1, 0.15) is 20.9 Å². The van der Waals surface area contributed by atoms with E-state index in [0.29, 0.717) is 16.4 Å². The Balaban J connectivity index is 1.76. The largest absolute Gasteiger partial charge is 0.347 e. The molecule has 0 unspecified atom stereocenters. The van der Waals surface area contributed by atoms with Gasteiger partial charge in [0, 0.05) is 29.5 Å². The van der Waals surface area contributed by atoms with Gasteiger partial charge in [-0.05, 0) is 36.8 Å². The summed E-state index contributed by atoms with van der Waals surface area (Å²) in [6.07, 6.45) is 3.41. The van der Waals surface area contributed by atoms with Gasteiger partial charge >= 0.3 is 0 Å². The SMILES string of the molecule is Cc1nc(-c2cccc(Cl)c2)sc1C(=O)NCc1ccncc1. The first-order valence-corrected chi connectivity index (χ1v) is 8.23. The number of hydrogen-bond acceptors (Lipinski definition) is 4. The molecular formula is C17H14ClN3OS. The molecule has 0 fully saturated rings. The maximum Gasteiger partial charge on any atom is 0.263 e. The van der Waals surface area contributed by atoms with Crippen molar-refractivity contribution >= 4 is 28.8 Å². The predicted molar refractivity (Wildman–Crippen MR) is 92.7 cm³/mol. The Morgan fingerprint density at radius 1 is 1.26 bits per heavy atom. The van der Waals surface area contributed by atoms with Gasteiger partial charge in [0.15, 0.2) is 0 Å². The molecule has 0 saturated carbocycles. The van der Waals surface area contributed by atoms with Gasteiger partial charge in [0.2, 0.25) is 0 Å². The molecule has 116 valence electrons. The van der Waals surface area contributed by atoms with Gasteiger partial charge in [-0.3, -0.25) is 9.78 Å². The molecule has 0 aliphatic rings. The van der Waals surface area contributed by atoms with Crippen LogP contribution in [0.4, 0.5) is 0 Å². The second-order valence-electron chi connectivity index (χ2n) is 4.98. The molecule has 4 nitrogen and oxygen atoms in total. The van der Waals surface area contributed by atoms with Crippen LogP contribution in [0.3, 0.4) is 0 Å². The quantitative estimate of drug-likeness (QED) is 0.776. The normalized spacial score (nSPS) is 10.5. The van der Waals surface area contributed by atoms with Gasteiger partial charge in [-0.2, -0.15) is 0 Å². The Hall–Kier alpha value is -2.24. The number of amides is 1. The van der Waals surface area contributed by atoms with E-state index in [0.717, 1.165) is 21.8 Å². The number of rotatable bonds is 4. The summed E-state index contributed by atoms with van der Waals surface area (Å²) >= 11 is 7.38. The molecule has 0 bridgehead atoms. The summed E-state index contributed by atoms with van der Waals surface area (Å²) in [5.41, 5.74) is 2.64. The zero-order valence-electron chi connectivity index (χ0n) is 12.4. The number of benzene rings is 1. The van der Waals surface area contributed by atoms with E-state index < -0.39 is 0 Å². The zero-order valence-corrected chi connectivity index (χ0v) is 14.0. The third kappa shape index (κ3) is 3.75. The van der Waals surface area contributed by atoms with Crippen LogP contribution in [-0.2, 0) is 6.54 Å². The first-order valence-electron chi connectivity index (χ1n) is 7.04. The Kier molecular flexibility index (Phi) is 4.69. The lowest BCUT2D eigenvalue weighted by atomic mass is 10.2. The van der Waals surface area contributed by atoms with Crippen molar-refractivity contribution in [2.75, 3.05) is 0 Å². The van der Waals surface area contributed by atoms with Gasteiger partial charge in [-0.1, -0.05) is 23.7 Å². The van der Waals surface area contributed by atoms with Gasteiger partial charge in [0.25, 0.3) is 5.91 Å². The van der Waals surface area contributed by atoms with E-state index in [2.05, 4.69) is 15.3 Å². The molecule has 1 N–H and O–H groups in total. The van der Waals surface area contributed by atoms with E-state index in [4.69, 9.17) is 11.6 Å². The minimum absolute atomic E-state index is 0.120. The van der Waals surface area contributed by atoms with Crippen molar-refractivity contribution < 1.29 is 4.79 Å². The lowest BCUT2D eigenvalue weighted by Gasteiger charge is -2.03. The first kappa shape index (κ1) is 15.6. The molecule has 0 spiro atoms. The van der Waals surface area contributed by atoms with Crippen LogP contribution < -0.4 is 5.32 Å². The van der Waals surface area contributed by atoms with Gasteiger partial charge < -0.3 is 5.32 Å². The highest BCUT2D eigenvalue weighted by molar-refractivity contribution is 7.17. The minimum Gasteiger partial charge on any atom is -0.347 e. The second kappa shape index (κ2) is 6.89. The average molecular weight is 344 g/mol. The van der Waals surface area contributed by atoms with Gasteiger partial charge in [-0.15, -0.1) is 11.3 Å².